The fraction of sp³-hybridized carbons (Fsp3) is 0.750. The molecule has 0 aliphatic carbocycles. The van der Waals surface area contributed by atoms with E-state index in [0.29, 0.717) is 0 Å². The summed E-state index contributed by atoms with van der Waals surface area (Å²) in [6.07, 6.45) is 0. The SMILES string of the molecule is Cc1nnc(N2CCNCC2)n1C. The minimum Gasteiger partial charge on any atom is -0.338 e. The van der Waals surface area contributed by atoms with Gasteiger partial charge in [-0.2, -0.15) is 0 Å². The van der Waals surface area contributed by atoms with Crippen molar-refractivity contribution in [1.29, 1.82) is 0 Å². The maximum atomic E-state index is 4.15. The highest BCUT2D eigenvalue weighted by Gasteiger charge is 2.15. The van der Waals surface area contributed by atoms with E-state index in [2.05, 4.69) is 20.4 Å². The fourth-order valence-electron chi connectivity index (χ4n) is 1.54. The fourth-order valence-corrected chi connectivity index (χ4v) is 1.54. The maximum Gasteiger partial charge on any atom is 0.227 e. The Labute approximate surface area is 77.8 Å². The normalized spacial score (nSPS) is 17.8. The van der Waals surface area contributed by atoms with Gasteiger partial charge in [-0.3, -0.25) is 0 Å². The van der Waals surface area contributed by atoms with Gasteiger partial charge in [0.15, 0.2) is 0 Å². The van der Waals surface area contributed by atoms with Gasteiger partial charge >= 0.3 is 0 Å². The van der Waals surface area contributed by atoms with E-state index in [1.54, 1.807) is 0 Å². The van der Waals surface area contributed by atoms with Crippen LogP contribution in [0.15, 0.2) is 0 Å². The molecule has 0 bridgehead atoms. The van der Waals surface area contributed by atoms with Crippen LogP contribution in [0.1, 0.15) is 5.82 Å². The predicted octanol–water partition coefficient (Wildman–Crippen LogP) is -0.467. The number of anilines is 1. The third-order valence-electron chi connectivity index (χ3n) is 2.47. The first-order valence-corrected chi connectivity index (χ1v) is 4.60. The molecule has 13 heavy (non-hydrogen) atoms. The quantitative estimate of drug-likeness (QED) is 0.636. The molecule has 1 aliphatic rings. The Morgan fingerprint density at radius 2 is 1.92 bits per heavy atom. The van der Waals surface area contributed by atoms with E-state index in [9.17, 15) is 0 Å². The molecule has 72 valence electrons. The van der Waals surface area contributed by atoms with E-state index >= 15 is 0 Å². The average molecular weight is 181 g/mol. The van der Waals surface area contributed by atoms with Crippen molar-refractivity contribution in [3.63, 3.8) is 0 Å². The maximum absolute atomic E-state index is 4.15. The Morgan fingerprint density at radius 3 is 2.46 bits per heavy atom. The lowest BCUT2D eigenvalue weighted by atomic mass is 10.4. The van der Waals surface area contributed by atoms with Crippen LogP contribution in [0.2, 0.25) is 0 Å². The highest BCUT2D eigenvalue weighted by molar-refractivity contribution is 5.31. The Bertz CT molecular complexity index is 287. The van der Waals surface area contributed by atoms with Crippen LogP contribution in [0.25, 0.3) is 0 Å². The highest BCUT2D eigenvalue weighted by Crippen LogP contribution is 2.10. The average Bonchev–Trinajstić information content (AvgIpc) is 2.49. The predicted molar refractivity (Wildman–Crippen MR) is 50.8 cm³/mol. The van der Waals surface area contributed by atoms with Crippen LogP contribution < -0.4 is 10.2 Å². The summed E-state index contributed by atoms with van der Waals surface area (Å²) < 4.78 is 2.03. The molecular weight excluding hydrogens is 166 g/mol. The minimum atomic E-state index is 0.966. The molecule has 5 heteroatoms. The van der Waals surface area contributed by atoms with Gasteiger partial charge in [-0.15, -0.1) is 10.2 Å². The summed E-state index contributed by atoms with van der Waals surface area (Å²) >= 11 is 0. The number of nitrogens with one attached hydrogen (secondary N) is 1. The van der Waals surface area contributed by atoms with Crippen LogP contribution >= 0.6 is 0 Å². The summed E-state index contributed by atoms with van der Waals surface area (Å²) in [5.41, 5.74) is 0. The lowest BCUT2D eigenvalue weighted by Gasteiger charge is -2.27. The van der Waals surface area contributed by atoms with Crippen LogP contribution in [0.4, 0.5) is 5.95 Å². The van der Waals surface area contributed by atoms with Gasteiger partial charge in [0.05, 0.1) is 0 Å². The molecule has 2 rings (SSSR count). The molecule has 0 atom stereocenters. The standard InChI is InChI=1S/C8H15N5/c1-7-10-11-8(12(7)2)13-5-3-9-4-6-13/h9H,3-6H2,1-2H3. The molecule has 0 saturated carbocycles. The van der Waals surface area contributed by atoms with Crippen molar-refractivity contribution >= 4 is 5.95 Å². The van der Waals surface area contributed by atoms with Crippen molar-refractivity contribution in [2.24, 2.45) is 7.05 Å². The molecule has 0 unspecified atom stereocenters. The molecule has 1 fully saturated rings. The molecule has 0 amide bonds. The first kappa shape index (κ1) is 8.50. The topological polar surface area (TPSA) is 46.0 Å². The van der Waals surface area contributed by atoms with E-state index in [1.807, 2.05) is 18.5 Å². The van der Waals surface area contributed by atoms with E-state index in [-0.39, 0.29) is 0 Å². The first-order valence-electron chi connectivity index (χ1n) is 4.60. The largest absolute Gasteiger partial charge is 0.338 e. The summed E-state index contributed by atoms with van der Waals surface area (Å²) in [7, 11) is 2.01. The van der Waals surface area contributed by atoms with E-state index in [4.69, 9.17) is 0 Å². The van der Waals surface area contributed by atoms with Crippen molar-refractivity contribution in [1.82, 2.24) is 20.1 Å². The lowest BCUT2D eigenvalue weighted by Crippen LogP contribution is -2.44. The van der Waals surface area contributed by atoms with Gasteiger partial charge in [0.2, 0.25) is 5.95 Å². The molecule has 1 aromatic rings. The van der Waals surface area contributed by atoms with Gasteiger partial charge in [0.1, 0.15) is 5.82 Å². The van der Waals surface area contributed by atoms with Gasteiger partial charge in [-0.1, -0.05) is 0 Å². The van der Waals surface area contributed by atoms with Crippen LogP contribution in [-0.4, -0.2) is 40.9 Å². The van der Waals surface area contributed by atoms with Crippen molar-refractivity contribution in [3.8, 4) is 0 Å². The van der Waals surface area contributed by atoms with Crippen LogP contribution in [0.5, 0.6) is 0 Å². The molecule has 2 heterocycles. The third-order valence-corrected chi connectivity index (χ3v) is 2.47. The van der Waals surface area contributed by atoms with Gasteiger partial charge in [-0.25, -0.2) is 0 Å². The number of nitrogens with zero attached hydrogens (tertiary/aromatic N) is 4. The number of aryl methyl sites for hydroxylation is 1. The minimum absolute atomic E-state index is 0.966. The number of aromatic nitrogens is 3. The van der Waals surface area contributed by atoms with E-state index < -0.39 is 0 Å². The van der Waals surface area contributed by atoms with Crippen molar-refractivity contribution in [2.45, 2.75) is 6.92 Å². The Kier molecular flexibility index (Phi) is 2.18. The van der Waals surface area contributed by atoms with Crippen molar-refractivity contribution < 1.29 is 0 Å². The second kappa shape index (κ2) is 3.33. The number of rotatable bonds is 1. The van der Waals surface area contributed by atoms with Crippen LogP contribution in [0.3, 0.4) is 0 Å². The molecule has 1 N–H and O–H groups in total. The molecule has 5 nitrogen and oxygen atoms in total. The molecule has 1 aliphatic heterocycles. The summed E-state index contributed by atoms with van der Waals surface area (Å²) in [5, 5.41) is 11.5. The zero-order valence-corrected chi connectivity index (χ0v) is 8.12. The highest BCUT2D eigenvalue weighted by atomic mass is 15.4. The zero-order chi connectivity index (χ0) is 9.26. The van der Waals surface area contributed by atoms with Gasteiger partial charge in [0, 0.05) is 33.2 Å². The monoisotopic (exact) mass is 181 g/mol. The van der Waals surface area contributed by atoms with E-state index in [0.717, 1.165) is 38.0 Å². The van der Waals surface area contributed by atoms with Crippen molar-refractivity contribution in [3.05, 3.63) is 5.82 Å². The summed E-state index contributed by atoms with van der Waals surface area (Å²) in [6.45, 7) is 6.08. The number of hydrogen-bond donors (Lipinski definition) is 1. The van der Waals surface area contributed by atoms with Gasteiger partial charge < -0.3 is 14.8 Å². The Morgan fingerprint density at radius 1 is 1.23 bits per heavy atom. The number of hydrogen-bond acceptors (Lipinski definition) is 4. The molecule has 1 aromatic heterocycles. The first-order chi connectivity index (χ1) is 6.29. The Balaban J connectivity index is 2.18. The summed E-state index contributed by atoms with van der Waals surface area (Å²) in [6, 6.07) is 0. The molecule has 0 radical (unpaired) electrons. The zero-order valence-electron chi connectivity index (χ0n) is 8.12. The second-order valence-corrected chi connectivity index (χ2v) is 3.34. The molecular formula is C8H15N5. The lowest BCUT2D eigenvalue weighted by molar-refractivity contribution is 0.572. The van der Waals surface area contributed by atoms with Crippen LogP contribution in [0, 0.1) is 6.92 Å². The molecule has 0 aromatic carbocycles. The van der Waals surface area contributed by atoms with E-state index in [1.165, 1.54) is 0 Å². The second-order valence-electron chi connectivity index (χ2n) is 3.34. The van der Waals surface area contributed by atoms with Crippen molar-refractivity contribution in [2.75, 3.05) is 31.1 Å². The molecule has 1 saturated heterocycles. The smallest absolute Gasteiger partial charge is 0.227 e. The molecule has 0 spiro atoms. The van der Waals surface area contributed by atoms with Gasteiger partial charge in [0.25, 0.3) is 0 Å². The third kappa shape index (κ3) is 1.51. The summed E-state index contributed by atoms with van der Waals surface area (Å²) in [5.74, 6) is 1.95. The number of piperazine rings is 1. The van der Waals surface area contributed by atoms with Gasteiger partial charge in [-0.05, 0) is 6.92 Å². The summed E-state index contributed by atoms with van der Waals surface area (Å²) in [4.78, 5) is 2.26. The Hall–Kier alpha value is -1.10. The van der Waals surface area contributed by atoms with Crippen LogP contribution in [-0.2, 0) is 7.05 Å².